The highest BCUT2D eigenvalue weighted by atomic mass is 35.5. The van der Waals surface area contributed by atoms with E-state index in [4.69, 9.17) is 20.9 Å². The molecule has 1 saturated heterocycles. The fourth-order valence-electron chi connectivity index (χ4n) is 2.69. The van der Waals surface area contributed by atoms with E-state index in [9.17, 15) is 0 Å². The van der Waals surface area contributed by atoms with Crippen LogP contribution >= 0.6 is 11.6 Å². The largest absolute Gasteiger partial charge is 0.496 e. The molecule has 5 heteroatoms. The second-order valence-corrected chi connectivity index (χ2v) is 7.03. The van der Waals surface area contributed by atoms with E-state index >= 15 is 0 Å². The number of aryl methyl sites for hydroxylation is 1. The van der Waals surface area contributed by atoms with Crippen LogP contribution in [0.2, 0.25) is 5.02 Å². The molecule has 0 saturated carbocycles. The molecule has 3 rings (SSSR count). The molecule has 0 spiro atoms. The van der Waals surface area contributed by atoms with Gasteiger partial charge in [0.2, 0.25) is 0 Å². The molecular formula is C16H21BClNO2. The van der Waals surface area contributed by atoms with Gasteiger partial charge in [0, 0.05) is 22.6 Å². The van der Waals surface area contributed by atoms with Crippen molar-refractivity contribution in [2.45, 2.75) is 52.2 Å². The van der Waals surface area contributed by atoms with E-state index < -0.39 is 7.12 Å². The molecule has 1 fully saturated rings. The molecule has 0 amide bonds. The predicted octanol–water partition coefficient (Wildman–Crippen LogP) is 3.68. The summed E-state index contributed by atoms with van der Waals surface area (Å²) in [6.07, 6.45) is 2.96. The van der Waals surface area contributed by atoms with Gasteiger partial charge in [-0.05, 0) is 45.7 Å². The van der Waals surface area contributed by atoms with Crippen molar-refractivity contribution in [2.24, 2.45) is 0 Å². The molecule has 0 unspecified atom stereocenters. The highest BCUT2D eigenvalue weighted by Crippen LogP contribution is 2.37. The Morgan fingerprint density at radius 3 is 2.33 bits per heavy atom. The van der Waals surface area contributed by atoms with Crippen LogP contribution in [-0.4, -0.2) is 23.3 Å². The van der Waals surface area contributed by atoms with Gasteiger partial charge in [0.1, 0.15) is 0 Å². The lowest BCUT2D eigenvalue weighted by Gasteiger charge is -2.32. The number of hydrogen-bond donors (Lipinski definition) is 1. The summed E-state index contributed by atoms with van der Waals surface area (Å²) in [5.74, 6) is 0. The van der Waals surface area contributed by atoms with Gasteiger partial charge in [-0.25, -0.2) is 0 Å². The van der Waals surface area contributed by atoms with Crippen LogP contribution in [0.3, 0.4) is 0 Å². The third-order valence-corrected chi connectivity index (χ3v) is 5.19. The molecule has 21 heavy (non-hydrogen) atoms. The molecule has 1 aromatic heterocycles. The Morgan fingerprint density at radius 2 is 1.76 bits per heavy atom. The highest BCUT2D eigenvalue weighted by Gasteiger charge is 2.52. The number of hydrogen-bond acceptors (Lipinski definition) is 2. The summed E-state index contributed by atoms with van der Waals surface area (Å²) in [5, 5.41) is 1.80. The minimum atomic E-state index is -0.425. The van der Waals surface area contributed by atoms with Crippen LogP contribution in [0.25, 0.3) is 10.9 Å². The maximum absolute atomic E-state index is 6.65. The van der Waals surface area contributed by atoms with Gasteiger partial charge in [0.25, 0.3) is 0 Å². The predicted molar refractivity (Wildman–Crippen MR) is 88.4 cm³/mol. The van der Waals surface area contributed by atoms with Crippen LogP contribution in [-0.2, 0) is 15.7 Å². The monoisotopic (exact) mass is 305 g/mol. The third-order valence-electron chi connectivity index (χ3n) is 4.78. The summed E-state index contributed by atoms with van der Waals surface area (Å²) in [6.45, 7) is 10.3. The minimum absolute atomic E-state index is 0.359. The molecule has 1 aliphatic heterocycles. The molecule has 0 bridgehead atoms. The highest BCUT2D eigenvalue weighted by molar-refractivity contribution is 6.66. The zero-order chi connectivity index (χ0) is 15.4. The fourth-order valence-corrected chi connectivity index (χ4v) is 3.07. The Bertz CT molecular complexity index is 677. The second kappa shape index (κ2) is 4.77. The topological polar surface area (TPSA) is 34.2 Å². The number of aromatic amines is 1. The van der Waals surface area contributed by atoms with Crippen molar-refractivity contribution in [1.29, 1.82) is 0 Å². The van der Waals surface area contributed by atoms with Gasteiger partial charge < -0.3 is 14.3 Å². The SMILES string of the molecule is CCc1c[nH]c2ccc(B3OC(C)(C)C(C)(C)O3)c(Cl)c12. The van der Waals surface area contributed by atoms with Crippen molar-refractivity contribution in [3.8, 4) is 0 Å². The summed E-state index contributed by atoms with van der Waals surface area (Å²) in [7, 11) is -0.425. The van der Waals surface area contributed by atoms with Crippen LogP contribution in [0, 0.1) is 0 Å². The number of benzene rings is 1. The van der Waals surface area contributed by atoms with E-state index in [1.54, 1.807) is 0 Å². The molecule has 2 aromatic rings. The maximum atomic E-state index is 6.65. The van der Waals surface area contributed by atoms with Gasteiger partial charge in [-0.3, -0.25) is 0 Å². The number of fused-ring (bicyclic) bond motifs is 1. The second-order valence-electron chi connectivity index (χ2n) is 6.65. The molecule has 0 atom stereocenters. The van der Waals surface area contributed by atoms with Gasteiger partial charge in [0.15, 0.2) is 0 Å². The first kappa shape index (κ1) is 15.0. The van der Waals surface area contributed by atoms with Crippen LogP contribution in [0.5, 0.6) is 0 Å². The van der Waals surface area contributed by atoms with Crippen molar-refractivity contribution in [3.63, 3.8) is 0 Å². The first-order chi connectivity index (χ1) is 9.77. The van der Waals surface area contributed by atoms with Gasteiger partial charge in [-0.15, -0.1) is 0 Å². The summed E-state index contributed by atoms with van der Waals surface area (Å²) in [4.78, 5) is 3.26. The van der Waals surface area contributed by atoms with Crippen molar-refractivity contribution < 1.29 is 9.31 Å². The number of H-pyrrole nitrogens is 1. The molecular weight excluding hydrogens is 284 g/mol. The van der Waals surface area contributed by atoms with E-state index in [0.717, 1.165) is 27.8 Å². The lowest BCUT2D eigenvalue weighted by molar-refractivity contribution is 0.00578. The Hall–Kier alpha value is -0.965. The van der Waals surface area contributed by atoms with Crippen molar-refractivity contribution in [1.82, 2.24) is 4.98 Å². The molecule has 0 radical (unpaired) electrons. The van der Waals surface area contributed by atoms with E-state index in [1.807, 2.05) is 46.0 Å². The van der Waals surface area contributed by atoms with E-state index in [-0.39, 0.29) is 11.2 Å². The smallest absolute Gasteiger partial charge is 0.399 e. The van der Waals surface area contributed by atoms with E-state index in [2.05, 4.69) is 11.9 Å². The minimum Gasteiger partial charge on any atom is -0.399 e. The number of halogens is 1. The normalized spacial score (nSPS) is 20.4. The third kappa shape index (κ3) is 2.21. The zero-order valence-electron chi connectivity index (χ0n) is 13.2. The van der Waals surface area contributed by atoms with Crippen LogP contribution < -0.4 is 5.46 Å². The molecule has 2 heterocycles. The lowest BCUT2D eigenvalue weighted by atomic mass is 9.78. The fraction of sp³-hybridized carbons (Fsp3) is 0.500. The number of rotatable bonds is 2. The van der Waals surface area contributed by atoms with Crippen molar-refractivity contribution >= 4 is 35.1 Å². The molecule has 112 valence electrons. The number of nitrogens with one attached hydrogen (secondary N) is 1. The van der Waals surface area contributed by atoms with E-state index in [0.29, 0.717) is 0 Å². The average molecular weight is 306 g/mol. The molecule has 1 aliphatic rings. The summed E-state index contributed by atoms with van der Waals surface area (Å²) < 4.78 is 12.2. The molecule has 1 N–H and O–H groups in total. The average Bonchev–Trinajstić information content (AvgIpc) is 2.89. The summed E-state index contributed by atoms with van der Waals surface area (Å²) in [6, 6.07) is 4.03. The zero-order valence-corrected chi connectivity index (χ0v) is 14.0. The number of aromatic nitrogens is 1. The first-order valence-corrected chi connectivity index (χ1v) is 7.78. The van der Waals surface area contributed by atoms with Crippen LogP contribution in [0.1, 0.15) is 40.2 Å². The quantitative estimate of drug-likeness (QED) is 0.859. The van der Waals surface area contributed by atoms with Gasteiger partial charge in [-0.1, -0.05) is 24.6 Å². The Labute approximate surface area is 131 Å². The Balaban J connectivity index is 2.08. The first-order valence-electron chi connectivity index (χ1n) is 7.41. The van der Waals surface area contributed by atoms with Gasteiger partial charge in [-0.2, -0.15) is 0 Å². The van der Waals surface area contributed by atoms with Crippen LogP contribution in [0.4, 0.5) is 0 Å². The molecule has 0 aliphatic carbocycles. The molecule has 1 aromatic carbocycles. The summed E-state index contributed by atoms with van der Waals surface area (Å²) >= 11 is 6.65. The van der Waals surface area contributed by atoms with Crippen molar-refractivity contribution in [2.75, 3.05) is 0 Å². The van der Waals surface area contributed by atoms with Gasteiger partial charge >= 0.3 is 7.12 Å². The Morgan fingerprint density at radius 1 is 1.14 bits per heavy atom. The Kier molecular flexibility index (Phi) is 3.39. The van der Waals surface area contributed by atoms with Crippen LogP contribution in [0.15, 0.2) is 18.3 Å². The standard InChI is InChI=1S/C16H21BClNO2/c1-6-10-9-19-12-8-7-11(14(18)13(10)12)17-20-15(2,3)16(4,5)21-17/h7-9,19H,6H2,1-5H3. The molecule has 3 nitrogen and oxygen atoms in total. The van der Waals surface area contributed by atoms with E-state index in [1.165, 1.54) is 5.56 Å². The maximum Gasteiger partial charge on any atom is 0.496 e. The summed E-state index contributed by atoms with van der Waals surface area (Å²) in [5.41, 5.74) is 2.45. The van der Waals surface area contributed by atoms with Crippen molar-refractivity contribution in [3.05, 3.63) is 28.9 Å². The van der Waals surface area contributed by atoms with Gasteiger partial charge in [0.05, 0.1) is 16.2 Å². The lowest BCUT2D eigenvalue weighted by Crippen LogP contribution is -2.41.